The average Bonchev–Trinajstić information content (AvgIpc) is 3.22. The van der Waals surface area contributed by atoms with Gasteiger partial charge in [0.05, 0.1) is 0 Å². The monoisotopic (exact) mass is 287 g/mol. The van der Waals surface area contributed by atoms with Crippen LogP contribution in [-0.2, 0) is 11.2 Å². The molecule has 1 heterocycles. The summed E-state index contributed by atoms with van der Waals surface area (Å²) < 4.78 is 10.7. The number of rotatable bonds is 4. The van der Waals surface area contributed by atoms with Gasteiger partial charge in [0.25, 0.3) is 0 Å². The zero-order valence-corrected chi connectivity index (χ0v) is 12.1. The number of ether oxygens (including phenoxy) is 2. The Bertz CT molecular complexity index is 557. The third-order valence-corrected chi connectivity index (χ3v) is 5.22. The Morgan fingerprint density at radius 3 is 2.90 bits per heavy atom. The van der Waals surface area contributed by atoms with Crippen molar-refractivity contribution < 1.29 is 14.3 Å². The first-order chi connectivity index (χ1) is 10.3. The molecule has 1 aliphatic heterocycles. The van der Waals surface area contributed by atoms with Crippen molar-refractivity contribution in [2.75, 3.05) is 13.3 Å². The SMILES string of the molecule is O=C(NCCc1ccc2c(c1)OCO2)[C@@H]1C[C@H]2CC[C@H]1C2. The van der Waals surface area contributed by atoms with Gasteiger partial charge in [-0.25, -0.2) is 0 Å². The lowest BCUT2D eigenvalue weighted by Gasteiger charge is -2.20. The van der Waals surface area contributed by atoms with Crippen molar-refractivity contribution in [3.63, 3.8) is 0 Å². The number of benzene rings is 1. The largest absolute Gasteiger partial charge is 0.454 e. The first-order valence-electron chi connectivity index (χ1n) is 7.96. The van der Waals surface area contributed by atoms with Crippen LogP contribution in [0.1, 0.15) is 31.2 Å². The molecule has 4 nitrogen and oxygen atoms in total. The van der Waals surface area contributed by atoms with Crippen molar-refractivity contribution in [3.8, 4) is 11.5 Å². The smallest absolute Gasteiger partial charge is 0.231 e. The van der Waals surface area contributed by atoms with Gasteiger partial charge in [0.2, 0.25) is 12.7 Å². The molecule has 4 heteroatoms. The van der Waals surface area contributed by atoms with Crippen LogP contribution >= 0.6 is 0 Å². The lowest BCUT2D eigenvalue weighted by Crippen LogP contribution is -2.34. The predicted octanol–water partition coefficient (Wildman–Crippen LogP) is 2.51. The summed E-state index contributed by atoms with van der Waals surface area (Å²) in [5, 5.41) is 3.11. The molecule has 2 bridgehead atoms. The van der Waals surface area contributed by atoms with Crippen LogP contribution in [0.3, 0.4) is 0 Å². The van der Waals surface area contributed by atoms with Crippen LogP contribution in [0.25, 0.3) is 0 Å². The second kappa shape index (κ2) is 5.24. The van der Waals surface area contributed by atoms with Gasteiger partial charge in [-0.1, -0.05) is 12.5 Å². The van der Waals surface area contributed by atoms with Crippen LogP contribution < -0.4 is 14.8 Å². The molecule has 2 saturated carbocycles. The van der Waals surface area contributed by atoms with E-state index >= 15 is 0 Å². The second-order valence-electron chi connectivity index (χ2n) is 6.51. The summed E-state index contributed by atoms with van der Waals surface area (Å²) in [5.41, 5.74) is 1.17. The minimum atomic E-state index is 0.267. The van der Waals surface area contributed by atoms with Gasteiger partial charge in [-0.3, -0.25) is 4.79 Å². The molecule has 2 aliphatic carbocycles. The van der Waals surface area contributed by atoms with Gasteiger partial charge in [-0.2, -0.15) is 0 Å². The van der Waals surface area contributed by atoms with Gasteiger partial charge < -0.3 is 14.8 Å². The summed E-state index contributed by atoms with van der Waals surface area (Å²) in [4.78, 5) is 12.3. The fourth-order valence-corrected chi connectivity index (χ4v) is 4.12. The summed E-state index contributed by atoms with van der Waals surface area (Å²) in [6.07, 6.45) is 5.82. The van der Waals surface area contributed by atoms with E-state index in [-0.39, 0.29) is 11.8 Å². The number of nitrogens with one attached hydrogen (secondary N) is 1. The highest BCUT2D eigenvalue weighted by Gasteiger charge is 2.42. The number of hydrogen-bond acceptors (Lipinski definition) is 3. The molecule has 21 heavy (non-hydrogen) atoms. The Kier molecular flexibility index (Phi) is 3.24. The minimum Gasteiger partial charge on any atom is -0.454 e. The van der Waals surface area contributed by atoms with Gasteiger partial charge in [-0.15, -0.1) is 0 Å². The standard InChI is InChI=1S/C17H21NO3/c19-17(14-8-12-1-3-13(14)7-12)18-6-5-11-2-4-15-16(9-11)21-10-20-15/h2,4,9,12-14H,1,3,5-8,10H2,(H,18,19)/t12-,13-,14+/m0/s1. The van der Waals surface area contributed by atoms with Crippen molar-refractivity contribution in [1.82, 2.24) is 5.32 Å². The first-order valence-corrected chi connectivity index (χ1v) is 7.96. The molecule has 1 N–H and O–H groups in total. The second-order valence-corrected chi connectivity index (χ2v) is 6.51. The number of carbonyl (C=O) groups is 1. The Labute approximate surface area is 124 Å². The molecule has 0 radical (unpaired) electrons. The highest BCUT2D eigenvalue weighted by Crippen LogP contribution is 2.48. The van der Waals surface area contributed by atoms with E-state index in [0.717, 1.165) is 30.3 Å². The van der Waals surface area contributed by atoms with E-state index in [9.17, 15) is 4.79 Å². The Balaban J connectivity index is 1.28. The van der Waals surface area contributed by atoms with Crippen molar-refractivity contribution in [1.29, 1.82) is 0 Å². The quantitative estimate of drug-likeness (QED) is 0.925. The third-order valence-electron chi connectivity index (χ3n) is 5.22. The summed E-state index contributed by atoms with van der Waals surface area (Å²) in [6, 6.07) is 5.98. The molecule has 3 aliphatic rings. The molecular formula is C17H21NO3. The Hall–Kier alpha value is -1.71. The van der Waals surface area contributed by atoms with E-state index in [4.69, 9.17) is 9.47 Å². The van der Waals surface area contributed by atoms with E-state index in [0.29, 0.717) is 19.3 Å². The normalized spacial score (nSPS) is 28.9. The highest BCUT2D eigenvalue weighted by molar-refractivity contribution is 5.79. The molecular weight excluding hydrogens is 266 g/mol. The maximum atomic E-state index is 12.3. The molecule has 1 aromatic carbocycles. The molecule has 2 fully saturated rings. The van der Waals surface area contributed by atoms with E-state index in [1.165, 1.54) is 24.8 Å². The molecule has 0 unspecified atom stereocenters. The summed E-state index contributed by atoms with van der Waals surface area (Å²) in [5.74, 6) is 3.64. The molecule has 3 atom stereocenters. The van der Waals surface area contributed by atoms with Crippen molar-refractivity contribution in [2.45, 2.75) is 32.1 Å². The van der Waals surface area contributed by atoms with Gasteiger partial charge in [0, 0.05) is 12.5 Å². The summed E-state index contributed by atoms with van der Waals surface area (Å²) in [7, 11) is 0. The fourth-order valence-electron chi connectivity index (χ4n) is 4.12. The lowest BCUT2D eigenvalue weighted by molar-refractivity contribution is -0.126. The number of hydrogen-bond donors (Lipinski definition) is 1. The highest BCUT2D eigenvalue weighted by atomic mass is 16.7. The van der Waals surface area contributed by atoms with Crippen LogP contribution in [0.5, 0.6) is 11.5 Å². The van der Waals surface area contributed by atoms with Gasteiger partial charge in [-0.05, 0) is 55.2 Å². The van der Waals surface area contributed by atoms with Gasteiger partial charge in [0.1, 0.15) is 0 Å². The van der Waals surface area contributed by atoms with E-state index < -0.39 is 0 Å². The molecule has 112 valence electrons. The molecule has 0 aromatic heterocycles. The van der Waals surface area contributed by atoms with Gasteiger partial charge in [0.15, 0.2) is 11.5 Å². The maximum Gasteiger partial charge on any atom is 0.231 e. The van der Waals surface area contributed by atoms with Crippen LogP contribution in [0.4, 0.5) is 0 Å². The zero-order chi connectivity index (χ0) is 14.2. The minimum absolute atomic E-state index is 0.267. The predicted molar refractivity (Wildman–Crippen MR) is 78.2 cm³/mol. The van der Waals surface area contributed by atoms with Crippen LogP contribution in [0, 0.1) is 17.8 Å². The van der Waals surface area contributed by atoms with Crippen LogP contribution in [0.15, 0.2) is 18.2 Å². The van der Waals surface area contributed by atoms with Gasteiger partial charge >= 0.3 is 0 Å². The maximum absolute atomic E-state index is 12.3. The average molecular weight is 287 g/mol. The van der Waals surface area contributed by atoms with Crippen molar-refractivity contribution in [3.05, 3.63) is 23.8 Å². The molecule has 0 spiro atoms. The van der Waals surface area contributed by atoms with E-state index in [2.05, 4.69) is 5.32 Å². The molecule has 1 amide bonds. The van der Waals surface area contributed by atoms with E-state index in [1.807, 2.05) is 18.2 Å². The topological polar surface area (TPSA) is 47.6 Å². The Morgan fingerprint density at radius 2 is 2.10 bits per heavy atom. The zero-order valence-electron chi connectivity index (χ0n) is 12.1. The molecule has 4 rings (SSSR count). The summed E-state index contributed by atoms with van der Waals surface area (Å²) in [6.45, 7) is 1.01. The van der Waals surface area contributed by atoms with Crippen LogP contribution in [-0.4, -0.2) is 19.2 Å². The number of amides is 1. The number of fused-ring (bicyclic) bond motifs is 3. The summed E-state index contributed by atoms with van der Waals surface area (Å²) >= 11 is 0. The third kappa shape index (κ3) is 2.47. The lowest BCUT2D eigenvalue weighted by atomic mass is 9.88. The first kappa shape index (κ1) is 13.0. The van der Waals surface area contributed by atoms with E-state index in [1.54, 1.807) is 0 Å². The fraction of sp³-hybridized carbons (Fsp3) is 0.588. The molecule has 1 aromatic rings. The Morgan fingerprint density at radius 1 is 1.19 bits per heavy atom. The van der Waals surface area contributed by atoms with Crippen molar-refractivity contribution >= 4 is 5.91 Å². The van der Waals surface area contributed by atoms with Crippen LogP contribution in [0.2, 0.25) is 0 Å². The molecule has 0 saturated heterocycles. The van der Waals surface area contributed by atoms with Crippen molar-refractivity contribution in [2.24, 2.45) is 17.8 Å². The number of carbonyl (C=O) groups excluding carboxylic acids is 1.